The number of carbonyl (C=O) groups is 2. The summed E-state index contributed by atoms with van der Waals surface area (Å²) in [5.41, 5.74) is 1.91. The Morgan fingerprint density at radius 2 is 2.36 bits per heavy atom. The molecule has 1 heterocycles. The lowest BCUT2D eigenvalue weighted by Crippen LogP contribution is -2.24. The molecular formula is C9H11NO3S. The molecule has 0 aliphatic rings. The minimum atomic E-state index is -0.720. The number of rotatable bonds is 4. The first kappa shape index (κ1) is 10.8. The molecule has 0 saturated carbocycles. The maximum Gasteiger partial charge on any atom is 0.316 e. The summed E-state index contributed by atoms with van der Waals surface area (Å²) in [5.74, 6) is -1.48. The van der Waals surface area contributed by atoms with E-state index in [2.05, 4.69) is 9.72 Å². The number of aromatic nitrogens is 1. The lowest BCUT2D eigenvalue weighted by atomic mass is 10.00. The van der Waals surface area contributed by atoms with Crippen molar-refractivity contribution in [3.8, 4) is 0 Å². The molecule has 0 spiro atoms. The highest BCUT2D eigenvalue weighted by Crippen LogP contribution is 2.13. The van der Waals surface area contributed by atoms with Crippen molar-refractivity contribution in [1.82, 2.24) is 4.98 Å². The second kappa shape index (κ2) is 4.85. The zero-order chi connectivity index (χ0) is 10.6. The van der Waals surface area contributed by atoms with Gasteiger partial charge in [0.25, 0.3) is 0 Å². The number of Topliss-reactive ketones (excluding diaryl/α,β-unsaturated/α-hetero) is 1. The fourth-order valence-corrected chi connectivity index (χ4v) is 1.66. The van der Waals surface area contributed by atoms with Gasteiger partial charge in [-0.1, -0.05) is 6.92 Å². The lowest BCUT2D eigenvalue weighted by Gasteiger charge is -2.08. The van der Waals surface area contributed by atoms with E-state index in [1.165, 1.54) is 18.4 Å². The van der Waals surface area contributed by atoms with E-state index >= 15 is 0 Å². The average molecular weight is 213 g/mol. The van der Waals surface area contributed by atoms with Crippen molar-refractivity contribution in [2.45, 2.75) is 13.3 Å². The molecule has 76 valence electrons. The SMILES string of the molecule is CCC(C(=O)OC)C(=O)c1cscn1. The third kappa shape index (κ3) is 2.17. The summed E-state index contributed by atoms with van der Waals surface area (Å²) in [4.78, 5) is 26.8. The molecule has 0 aliphatic carbocycles. The summed E-state index contributed by atoms with van der Waals surface area (Å²) in [6.45, 7) is 1.77. The Labute approximate surface area is 85.9 Å². The molecule has 0 radical (unpaired) electrons. The summed E-state index contributed by atoms with van der Waals surface area (Å²) in [6.07, 6.45) is 0.434. The van der Waals surface area contributed by atoms with Crippen molar-refractivity contribution in [1.29, 1.82) is 0 Å². The van der Waals surface area contributed by atoms with Crippen molar-refractivity contribution in [3.05, 3.63) is 16.6 Å². The first-order valence-electron chi connectivity index (χ1n) is 4.21. The van der Waals surface area contributed by atoms with E-state index in [0.29, 0.717) is 12.1 Å². The van der Waals surface area contributed by atoms with Gasteiger partial charge in [-0.05, 0) is 6.42 Å². The number of hydrogen-bond acceptors (Lipinski definition) is 5. The number of hydrogen-bond donors (Lipinski definition) is 0. The van der Waals surface area contributed by atoms with Gasteiger partial charge in [-0.25, -0.2) is 4.98 Å². The molecule has 5 heteroatoms. The van der Waals surface area contributed by atoms with Gasteiger partial charge < -0.3 is 4.74 Å². The fraction of sp³-hybridized carbons (Fsp3) is 0.444. The third-order valence-electron chi connectivity index (χ3n) is 1.90. The highest BCUT2D eigenvalue weighted by Gasteiger charge is 2.27. The molecule has 1 rings (SSSR count). The largest absolute Gasteiger partial charge is 0.468 e. The van der Waals surface area contributed by atoms with E-state index in [1.807, 2.05) is 0 Å². The van der Waals surface area contributed by atoms with Gasteiger partial charge in [0.1, 0.15) is 11.6 Å². The lowest BCUT2D eigenvalue weighted by molar-refractivity contribution is -0.143. The van der Waals surface area contributed by atoms with Gasteiger partial charge in [0.05, 0.1) is 12.6 Å². The summed E-state index contributed by atoms with van der Waals surface area (Å²) >= 11 is 1.33. The molecule has 0 saturated heterocycles. The number of ether oxygens (including phenoxy) is 1. The van der Waals surface area contributed by atoms with Crippen LogP contribution in [0.15, 0.2) is 10.9 Å². The van der Waals surface area contributed by atoms with Crippen molar-refractivity contribution in [2.75, 3.05) is 7.11 Å². The summed E-state index contributed by atoms with van der Waals surface area (Å²) in [6, 6.07) is 0. The zero-order valence-corrected chi connectivity index (χ0v) is 8.84. The van der Waals surface area contributed by atoms with Crippen LogP contribution in [-0.2, 0) is 9.53 Å². The molecule has 0 amide bonds. The maximum absolute atomic E-state index is 11.7. The second-order valence-electron chi connectivity index (χ2n) is 2.72. The van der Waals surface area contributed by atoms with Crippen LogP contribution in [0.25, 0.3) is 0 Å². The number of thiazole rings is 1. The van der Waals surface area contributed by atoms with E-state index in [0.717, 1.165) is 0 Å². The second-order valence-corrected chi connectivity index (χ2v) is 3.44. The molecule has 14 heavy (non-hydrogen) atoms. The van der Waals surface area contributed by atoms with Gasteiger partial charge in [0.2, 0.25) is 0 Å². The van der Waals surface area contributed by atoms with Crippen LogP contribution >= 0.6 is 11.3 Å². The topological polar surface area (TPSA) is 56.3 Å². The van der Waals surface area contributed by atoms with Crippen LogP contribution < -0.4 is 0 Å². The molecular weight excluding hydrogens is 202 g/mol. The number of carbonyl (C=O) groups excluding carboxylic acids is 2. The van der Waals surface area contributed by atoms with E-state index in [4.69, 9.17) is 0 Å². The van der Waals surface area contributed by atoms with Gasteiger partial charge in [-0.2, -0.15) is 0 Å². The smallest absolute Gasteiger partial charge is 0.316 e. The first-order chi connectivity index (χ1) is 6.70. The Balaban J connectivity index is 2.81. The summed E-state index contributed by atoms with van der Waals surface area (Å²) in [7, 11) is 1.28. The van der Waals surface area contributed by atoms with Gasteiger partial charge in [0, 0.05) is 5.38 Å². The first-order valence-corrected chi connectivity index (χ1v) is 5.15. The van der Waals surface area contributed by atoms with Gasteiger partial charge in [0.15, 0.2) is 5.78 Å². The molecule has 1 aromatic rings. The van der Waals surface area contributed by atoms with Crippen molar-refractivity contribution in [2.24, 2.45) is 5.92 Å². The standard InChI is InChI=1S/C9H11NO3S/c1-3-6(9(12)13-2)8(11)7-4-14-5-10-7/h4-6H,3H2,1-2H3. The quantitative estimate of drug-likeness (QED) is 0.432. The molecule has 0 fully saturated rings. The predicted octanol–water partition coefficient (Wildman–Crippen LogP) is 1.53. The van der Waals surface area contributed by atoms with Crippen LogP contribution in [0.2, 0.25) is 0 Å². The molecule has 0 aromatic carbocycles. The minimum absolute atomic E-state index is 0.263. The Morgan fingerprint density at radius 1 is 1.64 bits per heavy atom. The monoisotopic (exact) mass is 213 g/mol. The molecule has 0 N–H and O–H groups in total. The summed E-state index contributed by atoms with van der Waals surface area (Å²) < 4.78 is 4.54. The normalized spacial score (nSPS) is 12.1. The minimum Gasteiger partial charge on any atom is -0.468 e. The molecule has 4 nitrogen and oxygen atoms in total. The van der Waals surface area contributed by atoms with E-state index < -0.39 is 11.9 Å². The van der Waals surface area contributed by atoms with Gasteiger partial charge in [-0.15, -0.1) is 11.3 Å². The van der Waals surface area contributed by atoms with Crippen molar-refractivity contribution in [3.63, 3.8) is 0 Å². The van der Waals surface area contributed by atoms with Crippen LogP contribution in [-0.4, -0.2) is 23.8 Å². The average Bonchev–Trinajstić information content (AvgIpc) is 2.71. The van der Waals surface area contributed by atoms with E-state index in [9.17, 15) is 9.59 Å². The van der Waals surface area contributed by atoms with E-state index in [1.54, 1.807) is 17.8 Å². The Hall–Kier alpha value is -1.23. The number of ketones is 1. The van der Waals surface area contributed by atoms with Crippen LogP contribution in [0.1, 0.15) is 23.8 Å². The van der Waals surface area contributed by atoms with Crippen LogP contribution in [0.4, 0.5) is 0 Å². The Morgan fingerprint density at radius 3 is 2.79 bits per heavy atom. The molecule has 1 aromatic heterocycles. The Bertz CT molecular complexity index is 321. The molecule has 0 bridgehead atoms. The highest BCUT2D eigenvalue weighted by atomic mass is 32.1. The van der Waals surface area contributed by atoms with Crippen LogP contribution in [0, 0.1) is 5.92 Å². The zero-order valence-electron chi connectivity index (χ0n) is 8.02. The van der Waals surface area contributed by atoms with Crippen LogP contribution in [0.3, 0.4) is 0 Å². The van der Waals surface area contributed by atoms with Gasteiger partial charge in [-0.3, -0.25) is 9.59 Å². The van der Waals surface area contributed by atoms with E-state index in [-0.39, 0.29) is 5.78 Å². The Kier molecular flexibility index (Phi) is 3.76. The predicted molar refractivity (Wildman–Crippen MR) is 52.2 cm³/mol. The maximum atomic E-state index is 11.7. The number of esters is 1. The molecule has 1 unspecified atom stereocenters. The van der Waals surface area contributed by atoms with Crippen LogP contribution in [0.5, 0.6) is 0 Å². The number of methoxy groups -OCH3 is 1. The van der Waals surface area contributed by atoms with Crippen molar-refractivity contribution < 1.29 is 14.3 Å². The van der Waals surface area contributed by atoms with Crippen molar-refractivity contribution >= 4 is 23.1 Å². The third-order valence-corrected chi connectivity index (χ3v) is 2.48. The molecule has 1 atom stereocenters. The van der Waals surface area contributed by atoms with Gasteiger partial charge >= 0.3 is 5.97 Å². The summed E-state index contributed by atoms with van der Waals surface area (Å²) in [5, 5.41) is 1.63. The number of nitrogens with zero attached hydrogens (tertiary/aromatic N) is 1. The highest BCUT2D eigenvalue weighted by molar-refractivity contribution is 7.07. The fourth-order valence-electron chi connectivity index (χ4n) is 1.11. The molecule has 0 aliphatic heterocycles.